The van der Waals surface area contributed by atoms with Crippen molar-refractivity contribution < 1.29 is 33.4 Å². The lowest BCUT2D eigenvalue weighted by atomic mass is 9.99. The number of carbonyl (C=O) groups is 4. The Morgan fingerprint density at radius 1 is 0.635 bits per heavy atom. The van der Waals surface area contributed by atoms with Gasteiger partial charge in [-0.2, -0.15) is 0 Å². The zero-order valence-electron chi connectivity index (χ0n) is 38.6. The van der Waals surface area contributed by atoms with E-state index in [9.17, 15) is 19.2 Å². The van der Waals surface area contributed by atoms with E-state index in [2.05, 4.69) is 20.6 Å². The highest BCUT2D eigenvalue weighted by Gasteiger charge is 2.37. The van der Waals surface area contributed by atoms with Gasteiger partial charge in [0.05, 0.1) is 32.4 Å². The van der Waals surface area contributed by atoms with Crippen LogP contribution < -0.4 is 10.6 Å². The lowest BCUT2D eigenvalue weighted by Gasteiger charge is -2.37. The predicted octanol–water partition coefficient (Wildman–Crippen LogP) is 9.45. The molecule has 4 amide bonds. The largest absolute Gasteiger partial charge is 0.453 e. The van der Waals surface area contributed by atoms with E-state index in [0.29, 0.717) is 46.3 Å². The first-order chi connectivity index (χ1) is 29.8. The van der Waals surface area contributed by atoms with Crippen molar-refractivity contribution in [2.24, 2.45) is 17.8 Å². The third kappa shape index (κ3) is 12.1. The van der Waals surface area contributed by atoms with Crippen LogP contribution in [0.2, 0.25) is 10.3 Å². The van der Waals surface area contributed by atoms with Crippen molar-refractivity contribution in [3.8, 4) is 33.6 Å². The van der Waals surface area contributed by atoms with Gasteiger partial charge >= 0.3 is 12.2 Å². The number of alkyl carbamates (subject to hydrolysis) is 2. The van der Waals surface area contributed by atoms with Crippen LogP contribution in [0.5, 0.6) is 0 Å². The Morgan fingerprint density at radius 2 is 1.03 bits per heavy atom. The van der Waals surface area contributed by atoms with E-state index in [-0.39, 0.29) is 41.7 Å². The second-order valence-corrected chi connectivity index (χ2v) is 17.5. The number of hydrogen-bond donors (Lipinski definition) is 4. The number of aromatic nitrogens is 4. The molecule has 0 aliphatic carbocycles. The number of amides is 4. The highest BCUT2D eigenvalue weighted by Crippen LogP contribution is 2.35. The molecule has 7 atom stereocenters. The number of rotatable bonds is 19. The van der Waals surface area contributed by atoms with Gasteiger partial charge in [-0.15, -0.1) is 0 Å². The van der Waals surface area contributed by atoms with E-state index in [4.69, 9.17) is 47.4 Å². The molecule has 15 nitrogen and oxygen atoms in total. The number of nitrogens with zero attached hydrogens (tertiary/aromatic N) is 4. The summed E-state index contributed by atoms with van der Waals surface area (Å²) in [5.41, 5.74) is 4.54. The summed E-state index contributed by atoms with van der Waals surface area (Å²) in [7, 11) is 4.16. The molecule has 0 bridgehead atoms. The molecule has 0 saturated carbocycles. The molecule has 7 unspecified atom stereocenters. The Hall–Kier alpha value is -5.12. The van der Waals surface area contributed by atoms with E-state index < -0.39 is 36.4 Å². The number of aromatic amines is 2. The lowest BCUT2D eigenvalue weighted by Crippen LogP contribution is -2.54. The van der Waals surface area contributed by atoms with Crippen molar-refractivity contribution in [2.45, 2.75) is 112 Å². The molecule has 0 aliphatic heterocycles. The average Bonchev–Trinajstić information content (AvgIpc) is 3.87. The molecule has 2 aromatic heterocycles. The fraction of sp³-hybridized carbons (Fsp3) is 0.522. The maximum absolute atomic E-state index is 14.1. The summed E-state index contributed by atoms with van der Waals surface area (Å²) in [6, 6.07) is 12.9. The monoisotopic (exact) mass is 910 g/mol. The fourth-order valence-electron chi connectivity index (χ4n) is 7.29. The summed E-state index contributed by atoms with van der Waals surface area (Å²) >= 11 is 13.5. The first kappa shape index (κ1) is 50.5. The molecule has 0 aliphatic rings. The highest BCUT2D eigenvalue weighted by molar-refractivity contribution is 6.32. The Kier molecular flexibility index (Phi) is 18.0. The molecular formula is C46H64Cl2N8O7. The Bertz CT molecular complexity index is 2160. The van der Waals surface area contributed by atoms with E-state index in [1.165, 1.54) is 14.2 Å². The Balaban J connectivity index is 1.57. The number of carbonyl (C=O) groups excluding carboxylic acids is 4. The van der Waals surface area contributed by atoms with Gasteiger partial charge in [-0.25, -0.2) is 19.6 Å². The van der Waals surface area contributed by atoms with Crippen LogP contribution in [-0.4, -0.2) is 106 Å². The smallest absolute Gasteiger partial charge is 0.407 e. The number of halogens is 2. The average molecular weight is 912 g/mol. The normalized spacial score (nSPS) is 14.9. The van der Waals surface area contributed by atoms with Crippen molar-refractivity contribution in [3.63, 3.8) is 0 Å². The highest BCUT2D eigenvalue weighted by atomic mass is 35.5. The van der Waals surface area contributed by atoms with E-state index in [1.807, 2.05) is 118 Å². The maximum Gasteiger partial charge on any atom is 0.407 e. The summed E-state index contributed by atoms with van der Waals surface area (Å²) in [6.07, 6.45) is -0.814. The number of hydrogen-bond acceptors (Lipinski definition) is 9. The number of benzene rings is 2. The number of methoxy groups -OCH3 is 3. The molecule has 0 saturated heterocycles. The van der Waals surface area contributed by atoms with Crippen LogP contribution in [0, 0.1) is 17.8 Å². The summed E-state index contributed by atoms with van der Waals surface area (Å²) in [5.74, 6) is 0.0406. The standard InChI is InChI=1S/C46H64Cl2N8O7/c1-14-27(7)56(44(58)36(25(4)5)52-46(60)63-13)29(9)42-50-38(40(48)54-42)34-21-17-32(18-22-34)31-15-19-33(20-16-31)37-39(47)53-41(49-37)28(8)55(23-26(6)30(10)61-11)43(57)35(24(2)3)51-45(59)62-12/h15-22,24-30,35-36H,14,23H2,1-13H3,(H,49,53)(H,50,54)(H,51,59)(H,52,60). The van der Waals surface area contributed by atoms with Crippen LogP contribution in [-0.2, 0) is 23.8 Å². The molecule has 2 aromatic carbocycles. The second kappa shape index (κ2) is 22.5. The predicted molar refractivity (Wildman–Crippen MR) is 246 cm³/mol. The minimum absolute atomic E-state index is 0.0409. The second-order valence-electron chi connectivity index (χ2n) is 16.7. The topological polar surface area (TPSA) is 184 Å². The molecule has 4 aromatic rings. The van der Waals surface area contributed by atoms with Crippen molar-refractivity contribution in [1.82, 2.24) is 40.4 Å². The molecule has 4 N–H and O–H groups in total. The van der Waals surface area contributed by atoms with Gasteiger partial charge in [0, 0.05) is 30.8 Å². The van der Waals surface area contributed by atoms with E-state index in [0.717, 1.165) is 22.3 Å². The summed E-state index contributed by atoms with van der Waals surface area (Å²) in [5, 5.41) is 6.06. The van der Waals surface area contributed by atoms with Gasteiger partial charge in [0.25, 0.3) is 0 Å². The van der Waals surface area contributed by atoms with Gasteiger partial charge in [0.2, 0.25) is 11.8 Å². The first-order valence-electron chi connectivity index (χ1n) is 21.3. The van der Waals surface area contributed by atoms with Crippen LogP contribution in [0.15, 0.2) is 48.5 Å². The molecule has 63 heavy (non-hydrogen) atoms. The lowest BCUT2D eigenvalue weighted by molar-refractivity contribution is -0.139. The minimum atomic E-state index is -0.835. The number of nitrogens with one attached hydrogen (secondary N) is 4. The molecule has 0 fully saturated rings. The first-order valence-corrected chi connectivity index (χ1v) is 22.1. The molecule has 2 heterocycles. The van der Waals surface area contributed by atoms with E-state index >= 15 is 0 Å². The van der Waals surface area contributed by atoms with Gasteiger partial charge in [0.1, 0.15) is 45.4 Å². The third-order valence-electron chi connectivity index (χ3n) is 11.7. The fourth-order valence-corrected chi connectivity index (χ4v) is 7.79. The zero-order valence-corrected chi connectivity index (χ0v) is 40.1. The molecule has 0 radical (unpaired) electrons. The quantitative estimate of drug-likeness (QED) is 0.0712. The summed E-state index contributed by atoms with van der Waals surface area (Å²) in [4.78, 5) is 72.0. The van der Waals surface area contributed by atoms with Gasteiger partial charge in [0.15, 0.2) is 0 Å². The Morgan fingerprint density at radius 3 is 1.41 bits per heavy atom. The summed E-state index contributed by atoms with van der Waals surface area (Å²) in [6.45, 7) is 19.5. The van der Waals surface area contributed by atoms with Gasteiger partial charge in [-0.1, -0.05) is 113 Å². The SMILES string of the molecule is CCC(C)N(C(=O)C(NC(=O)OC)C(C)C)C(C)c1nc(-c2ccc(-c3ccc(-c4nc(C(C)N(CC(C)C(C)OC)C(=O)C(NC(=O)OC)C(C)C)[nH]c4Cl)cc3)cc2)c(Cl)[nH]1. The molecule has 0 spiro atoms. The number of ether oxygens (including phenoxy) is 3. The summed E-state index contributed by atoms with van der Waals surface area (Å²) < 4.78 is 15.2. The molecule has 344 valence electrons. The molecule has 17 heteroatoms. The number of imidazole rings is 2. The maximum atomic E-state index is 14.1. The van der Waals surface area contributed by atoms with Crippen LogP contribution in [0.4, 0.5) is 9.59 Å². The van der Waals surface area contributed by atoms with Crippen LogP contribution >= 0.6 is 23.2 Å². The molecule has 4 rings (SSSR count). The van der Waals surface area contributed by atoms with E-state index in [1.54, 1.807) is 16.9 Å². The van der Waals surface area contributed by atoms with Crippen molar-refractivity contribution >= 4 is 47.2 Å². The van der Waals surface area contributed by atoms with Crippen molar-refractivity contribution in [1.29, 1.82) is 0 Å². The third-order valence-corrected chi connectivity index (χ3v) is 12.3. The van der Waals surface area contributed by atoms with Gasteiger partial charge in [-0.3, -0.25) is 9.59 Å². The zero-order chi connectivity index (χ0) is 46.9. The van der Waals surface area contributed by atoms with Gasteiger partial charge in [-0.05, 0) is 63.0 Å². The number of H-pyrrole nitrogens is 2. The van der Waals surface area contributed by atoms with Crippen molar-refractivity contribution in [3.05, 3.63) is 70.5 Å². The van der Waals surface area contributed by atoms with Gasteiger partial charge < -0.3 is 44.6 Å². The van der Waals surface area contributed by atoms with Crippen LogP contribution in [0.25, 0.3) is 33.6 Å². The Labute approximate surface area is 381 Å². The van der Waals surface area contributed by atoms with Crippen LogP contribution in [0.1, 0.15) is 99.4 Å². The van der Waals surface area contributed by atoms with Crippen LogP contribution in [0.3, 0.4) is 0 Å². The molecular weight excluding hydrogens is 847 g/mol. The van der Waals surface area contributed by atoms with Crippen molar-refractivity contribution in [2.75, 3.05) is 27.9 Å². The minimum Gasteiger partial charge on any atom is -0.453 e.